The second kappa shape index (κ2) is 5.66. The molecule has 0 radical (unpaired) electrons. The van der Waals surface area contributed by atoms with Gasteiger partial charge < -0.3 is 14.5 Å². The highest BCUT2D eigenvalue weighted by Gasteiger charge is 2.09. The lowest BCUT2D eigenvalue weighted by Gasteiger charge is -2.05. The smallest absolute Gasteiger partial charge is 0.270 e. The van der Waals surface area contributed by atoms with Gasteiger partial charge in [0, 0.05) is 5.39 Å². The standard InChI is InChI=1S/C16H14N2O3/c1-20-12-5-7-14-11(9-12)4-6-15(18-14)16(19)17-10-13-3-2-8-21-13/h2-9H,10H2,1H3,(H,17,19). The Morgan fingerprint density at radius 1 is 1.29 bits per heavy atom. The molecule has 106 valence electrons. The molecule has 0 saturated carbocycles. The molecule has 2 heterocycles. The van der Waals surface area contributed by atoms with E-state index < -0.39 is 0 Å². The lowest BCUT2D eigenvalue weighted by Crippen LogP contribution is -2.23. The lowest BCUT2D eigenvalue weighted by molar-refractivity contribution is 0.0943. The highest BCUT2D eigenvalue weighted by atomic mass is 16.5. The summed E-state index contributed by atoms with van der Waals surface area (Å²) < 4.78 is 10.3. The van der Waals surface area contributed by atoms with Gasteiger partial charge in [0.2, 0.25) is 0 Å². The van der Waals surface area contributed by atoms with Gasteiger partial charge in [0.25, 0.3) is 5.91 Å². The molecule has 0 spiro atoms. The summed E-state index contributed by atoms with van der Waals surface area (Å²) in [7, 11) is 1.62. The van der Waals surface area contributed by atoms with Gasteiger partial charge in [-0.15, -0.1) is 0 Å². The van der Waals surface area contributed by atoms with Crippen LogP contribution in [-0.4, -0.2) is 18.0 Å². The summed E-state index contributed by atoms with van der Waals surface area (Å²) in [6.07, 6.45) is 1.57. The number of furan rings is 1. The van der Waals surface area contributed by atoms with Crippen molar-refractivity contribution in [1.29, 1.82) is 0 Å². The van der Waals surface area contributed by atoms with Gasteiger partial charge in [0.05, 0.1) is 25.4 Å². The van der Waals surface area contributed by atoms with Crippen LogP contribution in [0, 0.1) is 0 Å². The van der Waals surface area contributed by atoms with Crippen molar-refractivity contribution in [2.75, 3.05) is 7.11 Å². The largest absolute Gasteiger partial charge is 0.497 e. The van der Waals surface area contributed by atoms with Crippen molar-refractivity contribution in [1.82, 2.24) is 10.3 Å². The van der Waals surface area contributed by atoms with Gasteiger partial charge in [0.1, 0.15) is 17.2 Å². The van der Waals surface area contributed by atoms with E-state index in [1.54, 1.807) is 31.6 Å². The van der Waals surface area contributed by atoms with Crippen molar-refractivity contribution < 1.29 is 13.9 Å². The van der Waals surface area contributed by atoms with E-state index in [0.29, 0.717) is 18.0 Å². The average molecular weight is 282 g/mol. The monoisotopic (exact) mass is 282 g/mol. The van der Waals surface area contributed by atoms with Crippen LogP contribution in [0.3, 0.4) is 0 Å². The first-order valence-corrected chi connectivity index (χ1v) is 6.51. The zero-order valence-corrected chi connectivity index (χ0v) is 11.5. The van der Waals surface area contributed by atoms with Crippen LogP contribution in [0.2, 0.25) is 0 Å². The Morgan fingerprint density at radius 2 is 2.19 bits per heavy atom. The second-order valence-electron chi connectivity index (χ2n) is 4.52. The summed E-state index contributed by atoms with van der Waals surface area (Å²) in [4.78, 5) is 16.4. The van der Waals surface area contributed by atoms with Crippen LogP contribution < -0.4 is 10.1 Å². The number of pyridine rings is 1. The number of benzene rings is 1. The topological polar surface area (TPSA) is 64.4 Å². The van der Waals surface area contributed by atoms with E-state index in [0.717, 1.165) is 16.7 Å². The molecular weight excluding hydrogens is 268 g/mol. The Balaban J connectivity index is 1.78. The van der Waals surface area contributed by atoms with E-state index in [2.05, 4.69) is 10.3 Å². The molecule has 0 aliphatic rings. The summed E-state index contributed by atoms with van der Waals surface area (Å²) in [6, 6.07) is 12.7. The molecule has 21 heavy (non-hydrogen) atoms. The van der Waals surface area contributed by atoms with Crippen molar-refractivity contribution >= 4 is 16.8 Å². The van der Waals surface area contributed by atoms with Crippen molar-refractivity contribution in [3.63, 3.8) is 0 Å². The minimum atomic E-state index is -0.232. The third-order valence-electron chi connectivity index (χ3n) is 3.13. The van der Waals surface area contributed by atoms with Gasteiger partial charge in [-0.05, 0) is 36.4 Å². The van der Waals surface area contributed by atoms with Crippen molar-refractivity contribution in [3.8, 4) is 5.75 Å². The Bertz CT molecular complexity index is 766. The predicted octanol–water partition coefficient (Wildman–Crippen LogP) is 2.77. The fraction of sp³-hybridized carbons (Fsp3) is 0.125. The van der Waals surface area contributed by atoms with Crippen LogP contribution in [0.4, 0.5) is 0 Å². The Kier molecular flexibility index (Phi) is 3.55. The SMILES string of the molecule is COc1ccc2nc(C(=O)NCc3ccco3)ccc2c1. The molecule has 0 atom stereocenters. The highest BCUT2D eigenvalue weighted by Crippen LogP contribution is 2.19. The first-order chi connectivity index (χ1) is 10.3. The third-order valence-corrected chi connectivity index (χ3v) is 3.13. The number of rotatable bonds is 4. The van der Waals surface area contributed by atoms with E-state index in [1.165, 1.54) is 0 Å². The zero-order valence-electron chi connectivity index (χ0n) is 11.5. The Hall–Kier alpha value is -2.82. The minimum Gasteiger partial charge on any atom is -0.497 e. The lowest BCUT2D eigenvalue weighted by atomic mass is 10.2. The predicted molar refractivity (Wildman–Crippen MR) is 78.2 cm³/mol. The number of hydrogen-bond donors (Lipinski definition) is 1. The molecule has 0 saturated heterocycles. The van der Waals surface area contributed by atoms with Crippen LogP contribution in [0.1, 0.15) is 16.2 Å². The first-order valence-electron chi connectivity index (χ1n) is 6.51. The molecule has 1 aromatic carbocycles. The Labute approximate surface area is 121 Å². The van der Waals surface area contributed by atoms with Gasteiger partial charge in [-0.25, -0.2) is 4.98 Å². The van der Waals surface area contributed by atoms with E-state index in [1.807, 2.05) is 24.3 Å². The van der Waals surface area contributed by atoms with Crippen LogP contribution in [0.25, 0.3) is 10.9 Å². The third kappa shape index (κ3) is 2.86. The quantitative estimate of drug-likeness (QED) is 0.799. The number of methoxy groups -OCH3 is 1. The maximum Gasteiger partial charge on any atom is 0.270 e. The van der Waals surface area contributed by atoms with Crippen LogP contribution in [0.5, 0.6) is 5.75 Å². The van der Waals surface area contributed by atoms with Gasteiger partial charge in [0.15, 0.2) is 0 Å². The fourth-order valence-electron chi connectivity index (χ4n) is 2.03. The molecule has 0 unspecified atom stereocenters. The normalized spacial score (nSPS) is 10.5. The summed E-state index contributed by atoms with van der Waals surface area (Å²) in [6.45, 7) is 0.341. The molecular formula is C16H14N2O3. The average Bonchev–Trinajstić information content (AvgIpc) is 3.05. The zero-order chi connectivity index (χ0) is 14.7. The van der Waals surface area contributed by atoms with E-state index in [4.69, 9.17) is 9.15 Å². The number of nitrogens with zero attached hydrogens (tertiary/aromatic N) is 1. The second-order valence-corrected chi connectivity index (χ2v) is 4.52. The first kappa shape index (κ1) is 13.2. The van der Waals surface area contributed by atoms with Gasteiger partial charge in [-0.1, -0.05) is 6.07 Å². The molecule has 0 bridgehead atoms. The van der Waals surface area contributed by atoms with Gasteiger partial charge in [-0.3, -0.25) is 4.79 Å². The van der Waals surface area contributed by atoms with E-state index in [-0.39, 0.29) is 5.91 Å². The molecule has 1 amide bonds. The summed E-state index contributed by atoms with van der Waals surface area (Å²) in [5.74, 6) is 1.23. The molecule has 1 N–H and O–H groups in total. The van der Waals surface area contributed by atoms with Crippen molar-refractivity contribution in [2.45, 2.75) is 6.54 Å². The molecule has 0 fully saturated rings. The number of aromatic nitrogens is 1. The molecule has 0 aliphatic carbocycles. The minimum absolute atomic E-state index is 0.232. The highest BCUT2D eigenvalue weighted by molar-refractivity contribution is 5.95. The summed E-state index contributed by atoms with van der Waals surface area (Å²) in [5.41, 5.74) is 1.13. The number of fused-ring (bicyclic) bond motifs is 1. The molecule has 0 aliphatic heterocycles. The number of carbonyl (C=O) groups is 1. The van der Waals surface area contributed by atoms with Crippen molar-refractivity contribution in [3.05, 3.63) is 60.2 Å². The molecule has 2 aromatic heterocycles. The number of carbonyl (C=O) groups excluding carboxylic acids is 1. The molecule has 3 rings (SSSR count). The summed E-state index contributed by atoms with van der Waals surface area (Å²) in [5, 5.41) is 3.70. The van der Waals surface area contributed by atoms with Crippen LogP contribution in [0.15, 0.2) is 53.1 Å². The fourth-order valence-corrected chi connectivity index (χ4v) is 2.03. The van der Waals surface area contributed by atoms with Crippen LogP contribution >= 0.6 is 0 Å². The summed E-state index contributed by atoms with van der Waals surface area (Å²) >= 11 is 0. The molecule has 5 nitrogen and oxygen atoms in total. The Morgan fingerprint density at radius 3 is 2.95 bits per heavy atom. The number of amides is 1. The van der Waals surface area contributed by atoms with Crippen molar-refractivity contribution in [2.24, 2.45) is 0 Å². The van der Waals surface area contributed by atoms with Gasteiger partial charge in [-0.2, -0.15) is 0 Å². The van der Waals surface area contributed by atoms with E-state index >= 15 is 0 Å². The molecule has 3 aromatic rings. The van der Waals surface area contributed by atoms with E-state index in [9.17, 15) is 4.79 Å². The van der Waals surface area contributed by atoms with Crippen LogP contribution in [-0.2, 0) is 6.54 Å². The maximum atomic E-state index is 12.1. The number of hydrogen-bond acceptors (Lipinski definition) is 4. The molecule has 5 heteroatoms. The maximum absolute atomic E-state index is 12.1. The number of ether oxygens (including phenoxy) is 1. The number of nitrogens with one attached hydrogen (secondary N) is 1. The van der Waals surface area contributed by atoms with Gasteiger partial charge >= 0.3 is 0 Å².